The highest BCUT2D eigenvalue weighted by Crippen LogP contribution is 2.33. The average molecular weight is 421 g/mol. The zero-order chi connectivity index (χ0) is 20.9. The topological polar surface area (TPSA) is 98.0 Å². The Morgan fingerprint density at radius 2 is 1.80 bits per heavy atom. The zero-order valence-electron chi connectivity index (χ0n) is 17.0. The molecule has 154 valence electrons. The van der Waals surface area contributed by atoms with E-state index in [4.69, 9.17) is 10.5 Å². The van der Waals surface area contributed by atoms with Crippen LogP contribution in [0.5, 0.6) is 5.75 Å². The molecule has 0 radical (unpaired) electrons. The Kier molecular flexibility index (Phi) is 5.94. The number of benzene rings is 2. The van der Waals surface area contributed by atoms with Crippen LogP contribution in [0.25, 0.3) is 10.2 Å². The molecule has 4 rings (SSSR count). The number of hydrogen-bond donors (Lipinski definition) is 3. The van der Waals surface area contributed by atoms with Crippen molar-refractivity contribution in [3.05, 3.63) is 54.4 Å². The number of aryl methyl sites for hydroxylation is 1. The number of nitrogens with two attached hydrogens (primary N) is 1. The second-order valence-electron chi connectivity index (χ2n) is 6.90. The number of ether oxygens (including phenoxy) is 1. The Morgan fingerprint density at radius 3 is 2.53 bits per heavy atom. The minimum absolute atomic E-state index is 0.428. The lowest BCUT2D eigenvalue weighted by Gasteiger charge is -2.12. The molecular weight excluding hydrogens is 396 g/mol. The molecule has 8 heteroatoms. The highest BCUT2D eigenvalue weighted by molar-refractivity contribution is 7.22. The van der Waals surface area contributed by atoms with Crippen LogP contribution in [-0.4, -0.2) is 21.6 Å². The summed E-state index contributed by atoms with van der Waals surface area (Å²) in [5.41, 5.74) is 9.73. The van der Waals surface area contributed by atoms with Gasteiger partial charge in [0.05, 0.1) is 16.8 Å². The molecule has 0 aliphatic rings. The smallest absolute Gasteiger partial charge is 0.189 e. The number of hydrogen-bond acceptors (Lipinski definition) is 8. The number of fused-ring (bicyclic) bond motifs is 1. The quantitative estimate of drug-likeness (QED) is 0.317. The van der Waals surface area contributed by atoms with Gasteiger partial charge in [0.15, 0.2) is 16.8 Å². The summed E-state index contributed by atoms with van der Waals surface area (Å²) in [7, 11) is 0. The Hall–Kier alpha value is -3.39. The first kappa shape index (κ1) is 19.9. The molecule has 2 aromatic carbocycles. The monoisotopic (exact) mass is 420 g/mol. The third kappa shape index (κ3) is 4.44. The van der Waals surface area contributed by atoms with Crippen LogP contribution in [0.4, 0.5) is 28.1 Å². The molecule has 0 bridgehead atoms. The Bertz CT molecular complexity index is 1140. The zero-order valence-corrected chi connectivity index (χ0v) is 17.8. The number of rotatable bonds is 8. The van der Waals surface area contributed by atoms with Gasteiger partial charge in [-0.1, -0.05) is 36.8 Å². The van der Waals surface area contributed by atoms with E-state index in [9.17, 15) is 0 Å². The summed E-state index contributed by atoms with van der Waals surface area (Å²) < 4.78 is 6.82. The first-order chi connectivity index (χ1) is 14.6. The number of anilines is 5. The second kappa shape index (κ2) is 8.96. The van der Waals surface area contributed by atoms with Crippen molar-refractivity contribution in [2.45, 2.75) is 26.7 Å². The van der Waals surface area contributed by atoms with E-state index in [-0.39, 0.29) is 0 Å². The van der Waals surface area contributed by atoms with E-state index in [1.807, 2.05) is 43.3 Å². The van der Waals surface area contributed by atoms with Gasteiger partial charge in [0.1, 0.15) is 17.8 Å². The molecular formula is C22H24N6OS. The molecule has 0 aliphatic heterocycles. The highest BCUT2D eigenvalue weighted by atomic mass is 32.1. The predicted octanol–water partition coefficient (Wildman–Crippen LogP) is 5.64. The van der Waals surface area contributed by atoms with Gasteiger partial charge in [-0.05, 0) is 49.2 Å². The third-order valence-corrected chi connectivity index (χ3v) is 5.55. The van der Waals surface area contributed by atoms with Crippen LogP contribution in [0, 0.1) is 6.92 Å². The van der Waals surface area contributed by atoms with E-state index in [1.54, 1.807) is 11.3 Å². The summed E-state index contributed by atoms with van der Waals surface area (Å²) in [4.78, 5) is 13.2. The van der Waals surface area contributed by atoms with Crippen LogP contribution in [0.2, 0.25) is 0 Å². The highest BCUT2D eigenvalue weighted by Gasteiger charge is 2.12. The number of nitrogen functional groups attached to an aromatic ring is 1. The summed E-state index contributed by atoms with van der Waals surface area (Å²) in [6, 6.07) is 13.9. The maximum absolute atomic E-state index is 6.32. The minimum Gasteiger partial charge on any atom is -0.494 e. The van der Waals surface area contributed by atoms with Crippen molar-refractivity contribution >= 4 is 49.7 Å². The standard InChI is InChI=1S/C22H24N6OS/c1-3-4-12-29-16-10-8-15(9-11-16)26-20-18(23)21(25-13-24-20)28-22-27-19-14(2)6-5-7-17(19)30-22/h5-11,13H,3-4,12,23H2,1-2H3,(H2,24,25,26,27,28). The van der Waals surface area contributed by atoms with E-state index in [2.05, 4.69) is 38.6 Å². The molecule has 0 aliphatic carbocycles. The maximum atomic E-state index is 6.32. The van der Waals surface area contributed by atoms with Gasteiger partial charge in [-0.2, -0.15) is 0 Å². The molecule has 0 saturated carbocycles. The van der Waals surface area contributed by atoms with Crippen LogP contribution in [0.3, 0.4) is 0 Å². The summed E-state index contributed by atoms with van der Waals surface area (Å²) in [5, 5.41) is 7.20. The molecule has 0 fully saturated rings. The third-order valence-electron chi connectivity index (χ3n) is 4.61. The van der Waals surface area contributed by atoms with Gasteiger partial charge in [-0.15, -0.1) is 0 Å². The van der Waals surface area contributed by atoms with Gasteiger partial charge in [0.25, 0.3) is 0 Å². The summed E-state index contributed by atoms with van der Waals surface area (Å²) >= 11 is 1.56. The molecule has 30 heavy (non-hydrogen) atoms. The molecule has 2 aromatic heterocycles. The van der Waals surface area contributed by atoms with Crippen LogP contribution in [0.1, 0.15) is 25.3 Å². The lowest BCUT2D eigenvalue weighted by molar-refractivity contribution is 0.309. The molecule has 0 amide bonds. The minimum atomic E-state index is 0.428. The number of thiazole rings is 1. The molecule has 0 atom stereocenters. The molecule has 0 spiro atoms. The lowest BCUT2D eigenvalue weighted by Crippen LogP contribution is -2.05. The Morgan fingerprint density at radius 1 is 1.03 bits per heavy atom. The van der Waals surface area contributed by atoms with Crippen molar-refractivity contribution in [1.29, 1.82) is 0 Å². The number of aromatic nitrogens is 3. The van der Waals surface area contributed by atoms with Gasteiger partial charge in [0, 0.05) is 5.69 Å². The normalized spacial score (nSPS) is 10.9. The van der Waals surface area contributed by atoms with E-state index in [1.165, 1.54) is 6.33 Å². The van der Waals surface area contributed by atoms with Crippen molar-refractivity contribution in [2.75, 3.05) is 23.0 Å². The summed E-state index contributed by atoms with van der Waals surface area (Å²) in [5.74, 6) is 1.89. The molecule has 4 N–H and O–H groups in total. The first-order valence-corrected chi connectivity index (χ1v) is 10.7. The molecule has 2 heterocycles. The predicted molar refractivity (Wildman–Crippen MR) is 124 cm³/mol. The van der Waals surface area contributed by atoms with Gasteiger partial charge < -0.3 is 21.1 Å². The van der Waals surface area contributed by atoms with Crippen LogP contribution in [0.15, 0.2) is 48.8 Å². The summed E-state index contributed by atoms with van der Waals surface area (Å²) in [6.07, 6.45) is 3.63. The fraction of sp³-hybridized carbons (Fsp3) is 0.227. The Balaban J connectivity index is 1.49. The van der Waals surface area contributed by atoms with Crippen molar-refractivity contribution in [2.24, 2.45) is 0 Å². The van der Waals surface area contributed by atoms with Gasteiger partial charge in [-0.25, -0.2) is 15.0 Å². The van der Waals surface area contributed by atoms with Crippen LogP contribution >= 0.6 is 11.3 Å². The van der Waals surface area contributed by atoms with Crippen molar-refractivity contribution < 1.29 is 4.74 Å². The van der Waals surface area contributed by atoms with Gasteiger partial charge >= 0.3 is 0 Å². The lowest BCUT2D eigenvalue weighted by atomic mass is 10.2. The van der Waals surface area contributed by atoms with E-state index < -0.39 is 0 Å². The van der Waals surface area contributed by atoms with Gasteiger partial charge in [-0.3, -0.25) is 0 Å². The fourth-order valence-electron chi connectivity index (χ4n) is 2.94. The van der Waals surface area contributed by atoms with Crippen molar-refractivity contribution in [3.63, 3.8) is 0 Å². The largest absolute Gasteiger partial charge is 0.494 e. The molecule has 0 saturated heterocycles. The molecule has 7 nitrogen and oxygen atoms in total. The maximum Gasteiger partial charge on any atom is 0.189 e. The Labute approximate surface area is 179 Å². The van der Waals surface area contributed by atoms with E-state index in [0.717, 1.165) is 51.8 Å². The number of nitrogens with zero attached hydrogens (tertiary/aromatic N) is 3. The molecule has 4 aromatic rings. The second-order valence-corrected chi connectivity index (χ2v) is 7.93. The summed E-state index contributed by atoms with van der Waals surface area (Å²) in [6.45, 7) is 4.92. The van der Waals surface area contributed by atoms with Gasteiger partial charge in [0.2, 0.25) is 0 Å². The fourth-order valence-corrected chi connectivity index (χ4v) is 3.88. The van der Waals surface area contributed by atoms with Crippen LogP contribution < -0.4 is 21.1 Å². The van der Waals surface area contributed by atoms with E-state index >= 15 is 0 Å². The number of para-hydroxylation sites is 1. The van der Waals surface area contributed by atoms with Crippen molar-refractivity contribution in [3.8, 4) is 5.75 Å². The van der Waals surface area contributed by atoms with E-state index in [0.29, 0.717) is 17.3 Å². The van der Waals surface area contributed by atoms with Crippen LogP contribution in [-0.2, 0) is 0 Å². The number of nitrogens with one attached hydrogen (secondary N) is 2. The SMILES string of the molecule is CCCCOc1ccc(Nc2ncnc(Nc3nc4c(C)cccc4s3)c2N)cc1. The van der Waals surface area contributed by atoms with Crippen molar-refractivity contribution in [1.82, 2.24) is 15.0 Å². The number of unbranched alkanes of at least 4 members (excludes halogenated alkanes) is 1. The molecule has 0 unspecified atom stereocenters. The first-order valence-electron chi connectivity index (χ1n) is 9.87. The average Bonchev–Trinajstić information content (AvgIpc) is 3.16.